The highest BCUT2D eigenvalue weighted by Gasteiger charge is 2.27. The van der Waals surface area contributed by atoms with Crippen LogP contribution < -0.4 is 10.1 Å². The highest BCUT2D eigenvalue weighted by molar-refractivity contribution is 7.89. The van der Waals surface area contributed by atoms with Gasteiger partial charge >= 0.3 is 0 Å². The Bertz CT molecular complexity index is 1080. The molecule has 0 unspecified atom stereocenters. The second kappa shape index (κ2) is 8.80. The predicted octanol–water partition coefficient (Wildman–Crippen LogP) is 3.34. The van der Waals surface area contributed by atoms with Crippen molar-refractivity contribution in [2.24, 2.45) is 0 Å². The summed E-state index contributed by atoms with van der Waals surface area (Å²) in [5.74, 6) is -0.327. The summed E-state index contributed by atoms with van der Waals surface area (Å²) in [7, 11) is -2.29. The van der Waals surface area contributed by atoms with E-state index in [-0.39, 0.29) is 27.6 Å². The highest BCUT2D eigenvalue weighted by Crippen LogP contribution is 2.30. The Hall–Kier alpha value is -2.98. The fourth-order valence-corrected chi connectivity index (χ4v) is 4.89. The maximum Gasteiger partial charge on any atom is 0.273 e. The van der Waals surface area contributed by atoms with Gasteiger partial charge in [0.15, 0.2) is 0 Å². The predicted molar refractivity (Wildman–Crippen MR) is 111 cm³/mol. The first-order valence-electron chi connectivity index (χ1n) is 9.48. The molecule has 0 bridgehead atoms. The smallest absolute Gasteiger partial charge is 0.273 e. The molecule has 1 amide bonds. The van der Waals surface area contributed by atoms with Gasteiger partial charge in [0.1, 0.15) is 5.75 Å². The van der Waals surface area contributed by atoms with Crippen molar-refractivity contribution < 1.29 is 22.9 Å². The molecular formula is C20H23N3O6S. The molecule has 1 saturated heterocycles. The number of piperidine rings is 1. The fourth-order valence-electron chi connectivity index (χ4n) is 3.34. The van der Waals surface area contributed by atoms with E-state index in [1.165, 1.54) is 47.8 Å². The van der Waals surface area contributed by atoms with E-state index >= 15 is 0 Å². The van der Waals surface area contributed by atoms with Gasteiger partial charge in [0.05, 0.1) is 22.6 Å². The van der Waals surface area contributed by atoms with E-state index in [0.29, 0.717) is 18.7 Å². The monoisotopic (exact) mass is 433 g/mol. The van der Waals surface area contributed by atoms with Crippen LogP contribution in [0.2, 0.25) is 0 Å². The fraction of sp³-hybridized carbons (Fsp3) is 0.350. The molecule has 0 saturated carbocycles. The molecule has 1 aliphatic heterocycles. The summed E-state index contributed by atoms with van der Waals surface area (Å²) in [4.78, 5) is 23.3. The molecule has 0 radical (unpaired) electrons. The second-order valence-corrected chi connectivity index (χ2v) is 8.98. The SMILES string of the molecule is COc1ccc(S(=O)(=O)N2CCCCC2)cc1NC(=O)c1ccc(C)c([N+](=O)[O-])c1. The Morgan fingerprint density at radius 3 is 2.47 bits per heavy atom. The van der Waals surface area contributed by atoms with Crippen molar-refractivity contribution >= 4 is 27.3 Å². The molecule has 2 aromatic carbocycles. The molecule has 3 rings (SSSR count). The van der Waals surface area contributed by atoms with Gasteiger partial charge in [-0.2, -0.15) is 4.31 Å². The molecule has 0 aromatic heterocycles. The minimum Gasteiger partial charge on any atom is -0.495 e. The van der Waals surface area contributed by atoms with Crippen LogP contribution in [-0.2, 0) is 10.0 Å². The summed E-state index contributed by atoms with van der Waals surface area (Å²) in [6, 6.07) is 8.41. The lowest BCUT2D eigenvalue weighted by Gasteiger charge is -2.26. The third-order valence-corrected chi connectivity index (χ3v) is 6.93. The molecule has 1 heterocycles. The van der Waals surface area contributed by atoms with Gasteiger partial charge in [-0.05, 0) is 44.0 Å². The summed E-state index contributed by atoms with van der Waals surface area (Å²) in [5.41, 5.74) is 0.516. The minimum absolute atomic E-state index is 0.0513. The first-order valence-corrected chi connectivity index (χ1v) is 10.9. The van der Waals surface area contributed by atoms with Crippen molar-refractivity contribution in [3.8, 4) is 5.75 Å². The zero-order valence-corrected chi connectivity index (χ0v) is 17.6. The number of nitrogens with one attached hydrogen (secondary N) is 1. The van der Waals surface area contributed by atoms with Crippen molar-refractivity contribution in [1.82, 2.24) is 4.31 Å². The number of rotatable bonds is 6. The molecule has 1 N–H and O–H groups in total. The van der Waals surface area contributed by atoms with Crippen LogP contribution in [0.3, 0.4) is 0 Å². The summed E-state index contributed by atoms with van der Waals surface area (Å²) in [6.07, 6.45) is 2.62. The summed E-state index contributed by atoms with van der Waals surface area (Å²) < 4.78 is 32.6. The molecule has 0 spiro atoms. The van der Waals surface area contributed by atoms with Crippen molar-refractivity contribution in [2.75, 3.05) is 25.5 Å². The number of anilines is 1. The van der Waals surface area contributed by atoms with Crippen molar-refractivity contribution in [1.29, 1.82) is 0 Å². The number of hydrogen-bond donors (Lipinski definition) is 1. The van der Waals surface area contributed by atoms with E-state index in [2.05, 4.69) is 5.32 Å². The Labute approximate surface area is 174 Å². The molecule has 9 nitrogen and oxygen atoms in total. The van der Waals surface area contributed by atoms with Crippen molar-refractivity contribution in [2.45, 2.75) is 31.1 Å². The van der Waals surface area contributed by atoms with E-state index in [1.54, 1.807) is 6.92 Å². The van der Waals surface area contributed by atoms with E-state index in [9.17, 15) is 23.3 Å². The van der Waals surface area contributed by atoms with Crippen LogP contribution in [0.15, 0.2) is 41.3 Å². The Balaban J connectivity index is 1.92. The lowest BCUT2D eigenvalue weighted by atomic mass is 10.1. The Morgan fingerprint density at radius 1 is 1.13 bits per heavy atom. The van der Waals surface area contributed by atoms with Gasteiger partial charge in [0, 0.05) is 30.3 Å². The quantitative estimate of drug-likeness (QED) is 0.551. The van der Waals surface area contributed by atoms with Gasteiger partial charge in [0.25, 0.3) is 11.6 Å². The number of aryl methyl sites for hydroxylation is 1. The number of amides is 1. The van der Waals surface area contributed by atoms with Gasteiger partial charge < -0.3 is 10.1 Å². The molecule has 2 aromatic rings. The topological polar surface area (TPSA) is 119 Å². The number of hydrogen-bond acceptors (Lipinski definition) is 6. The largest absolute Gasteiger partial charge is 0.495 e. The molecule has 160 valence electrons. The van der Waals surface area contributed by atoms with Crippen LogP contribution >= 0.6 is 0 Å². The average Bonchev–Trinajstić information content (AvgIpc) is 2.74. The summed E-state index contributed by atoms with van der Waals surface area (Å²) in [5, 5.41) is 13.8. The van der Waals surface area contributed by atoms with Crippen LogP contribution in [0.1, 0.15) is 35.2 Å². The number of ether oxygens (including phenoxy) is 1. The van der Waals surface area contributed by atoms with Crippen LogP contribution in [0.25, 0.3) is 0 Å². The number of sulfonamides is 1. The van der Waals surface area contributed by atoms with Crippen molar-refractivity contribution in [3.63, 3.8) is 0 Å². The Morgan fingerprint density at radius 2 is 1.83 bits per heavy atom. The maximum absolute atomic E-state index is 12.9. The number of nitro groups is 1. The average molecular weight is 433 g/mol. The molecule has 1 aliphatic rings. The van der Waals surface area contributed by atoms with Gasteiger partial charge in [-0.3, -0.25) is 14.9 Å². The minimum atomic E-state index is -3.70. The van der Waals surface area contributed by atoms with E-state index < -0.39 is 20.9 Å². The Kier molecular flexibility index (Phi) is 6.37. The van der Waals surface area contributed by atoms with Crippen LogP contribution in [0, 0.1) is 17.0 Å². The number of benzene rings is 2. The molecular weight excluding hydrogens is 410 g/mol. The zero-order valence-electron chi connectivity index (χ0n) is 16.8. The number of nitrogens with zero attached hydrogens (tertiary/aromatic N) is 2. The second-order valence-electron chi connectivity index (χ2n) is 7.04. The molecule has 0 atom stereocenters. The zero-order chi connectivity index (χ0) is 21.9. The van der Waals surface area contributed by atoms with Crippen LogP contribution in [0.4, 0.5) is 11.4 Å². The molecule has 0 aliphatic carbocycles. The van der Waals surface area contributed by atoms with Gasteiger partial charge in [-0.15, -0.1) is 0 Å². The maximum atomic E-state index is 12.9. The number of carbonyl (C=O) groups excluding carboxylic acids is 1. The van der Waals surface area contributed by atoms with E-state index in [0.717, 1.165) is 19.3 Å². The lowest BCUT2D eigenvalue weighted by molar-refractivity contribution is -0.385. The summed E-state index contributed by atoms with van der Waals surface area (Å²) in [6.45, 7) is 2.50. The van der Waals surface area contributed by atoms with Gasteiger partial charge in [-0.25, -0.2) is 8.42 Å². The normalized spacial score (nSPS) is 14.9. The molecule has 10 heteroatoms. The van der Waals surface area contributed by atoms with Crippen molar-refractivity contribution in [3.05, 3.63) is 57.6 Å². The first kappa shape index (κ1) is 21.7. The van der Waals surface area contributed by atoms with Crippen LogP contribution in [0.5, 0.6) is 5.75 Å². The summed E-state index contributed by atoms with van der Waals surface area (Å²) >= 11 is 0. The van der Waals surface area contributed by atoms with E-state index in [1.807, 2.05) is 0 Å². The van der Waals surface area contributed by atoms with Gasteiger partial charge in [-0.1, -0.05) is 12.5 Å². The van der Waals surface area contributed by atoms with Crippen LogP contribution in [-0.4, -0.2) is 43.8 Å². The number of carbonyl (C=O) groups is 1. The van der Waals surface area contributed by atoms with E-state index in [4.69, 9.17) is 4.74 Å². The highest BCUT2D eigenvalue weighted by atomic mass is 32.2. The van der Waals surface area contributed by atoms with Gasteiger partial charge in [0.2, 0.25) is 10.0 Å². The lowest BCUT2D eigenvalue weighted by Crippen LogP contribution is -2.35. The number of methoxy groups -OCH3 is 1. The third-order valence-electron chi connectivity index (χ3n) is 5.04. The molecule has 1 fully saturated rings. The number of nitro benzene ring substituents is 1. The first-order chi connectivity index (χ1) is 14.2. The third kappa shape index (κ3) is 4.44. The molecule has 30 heavy (non-hydrogen) atoms. The standard InChI is InChI=1S/C20H23N3O6S/c1-14-6-7-15(12-18(14)23(25)26)20(24)21-17-13-16(8-9-19(17)29-2)30(27,28)22-10-4-3-5-11-22/h6-9,12-13H,3-5,10-11H2,1-2H3,(H,21,24).